The van der Waals surface area contributed by atoms with Crippen molar-refractivity contribution < 1.29 is 22.7 Å². The summed E-state index contributed by atoms with van der Waals surface area (Å²) in [5.74, 6) is -0.0996. The van der Waals surface area contributed by atoms with Gasteiger partial charge in [0.25, 0.3) is 0 Å². The molecule has 1 N–H and O–H groups in total. The maximum absolute atomic E-state index is 12.7. The second-order valence-electron chi connectivity index (χ2n) is 6.88. The smallest absolute Gasteiger partial charge is 0.405 e. The number of halogens is 4. The Labute approximate surface area is 157 Å². The summed E-state index contributed by atoms with van der Waals surface area (Å²) in [6.07, 6.45) is -2.06. The van der Waals surface area contributed by atoms with Gasteiger partial charge in [0.15, 0.2) is 0 Å². The zero-order chi connectivity index (χ0) is 18.0. The first-order chi connectivity index (χ1) is 11.9. The molecule has 1 saturated carbocycles. The lowest BCUT2D eigenvalue weighted by Crippen LogP contribution is -2.43. The van der Waals surface area contributed by atoms with Crippen LogP contribution >= 0.6 is 12.4 Å². The molecule has 3 unspecified atom stereocenters. The van der Waals surface area contributed by atoms with E-state index in [1.54, 1.807) is 12.1 Å². The Morgan fingerprint density at radius 2 is 2.08 bits per heavy atom. The van der Waals surface area contributed by atoms with E-state index < -0.39 is 6.36 Å². The Morgan fingerprint density at radius 3 is 2.77 bits per heavy atom. The average molecular weight is 393 g/mol. The normalized spacial score (nSPS) is 25.4. The molecule has 1 aliphatic carbocycles. The molecule has 0 spiro atoms. The van der Waals surface area contributed by atoms with Crippen molar-refractivity contribution >= 4 is 18.3 Å². The van der Waals surface area contributed by atoms with E-state index in [2.05, 4.69) is 10.1 Å². The summed E-state index contributed by atoms with van der Waals surface area (Å²) in [4.78, 5) is 14.6. The van der Waals surface area contributed by atoms with Gasteiger partial charge in [-0.15, -0.1) is 25.6 Å². The van der Waals surface area contributed by atoms with Gasteiger partial charge < -0.3 is 15.0 Å². The third-order valence-corrected chi connectivity index (χ3v) is 4.98. The number of likely N-dealkylation sites (tertiary alicyclic amines) is 1. The molecule has 146 valence electrons. The van der Waals surface area contributed by atoms with E-state index in [0.717, 1.165) is 32.5 Å². The standard InChI is InChI=1S/C18H23F3N2O2.ClH/c1-22-10-12-5-4-8-23(11-12)17(24)15-9-14(15)13-6-2-3-7-16(13)25-18(19,20)21;/h2-3,6-7,12,14-15,22H,4-5,8-11H2,1H3;1H. The van der Waals surface area contributed by atoms with E-state index >= 15 is 0 Å². The highest BCUT2D eigenvalue weighted by Gasteiger charge is 2.48. The number of para-hydroxylation sites is 1. The third kappa shape index (κ3) is 5.04. The van der Waals surface area contributed by atoms with Crippen molar-refractivity contribution in [2.75, 3.05) is 26.7 Å². The number of ether oxygens (including phenoxy) is 1. The van der Waals surface area contributed by atoms with Crippen LogP contribution in [0.5, 0.6) is 5.75 Å². The van der Waals surface area contributed by atoms with Crippen molar-refractivity contribution in [2.24, 2.45) is 11.8 Å². The molecule has 8 heteroatoms. The monoisotopic (exact) mass is 392 g/mol. The van der Waals surface area contributed by atoms with Gasteiger partial charge in [-0.3, -0.25) is 4.79 Å². The zero-order valence-electron chi connectivity index (χ0n) is 14.6. The molecule has 3 rings (SSSR count). The van der Waals surface area contributed by atoms with Gasteiger partial charge in [-0.05, 0) is 56.3 Å². The Bertz CT molecular complexity index is 625. The van der Waals surface area contributed by atoms with Crippen LogP contribution < -0.4 is 10.1 Å². The number of rotatable bonds is 5. The highest BCUT2D eigenvalue weighted by Crippen LogP contribution is 2.52. The van der Waals surface area contributed by atoms with Crippen molar-refractivity contribution in [3.05, 3.63) is 29.8 Å². The van der Waals surface area contributed by atoms with Crippen LogP contribution in [-0.2, 0) is 4.79 Å². The molecule has 1 aromatic rings. The maximum atomic E-state index is 12.7. The van der Waals surface area contributed by atoms with Crippen LogP contribution in [0.3, 0.4) is 0 Å². The molecule has 2 fully saturated rings. The highest BCUT2D eigenvalue weighted by atomic mass is 35.5. The molecular formula is C18H24ClF3N2O2. The van der Waals surface area contributed by atoms with Crippen LogP contribution in [0.2, 0.25) is 0 Å². The van der Waals surface area contributed by atoms with E-state index in [1.165, 1.54) is 12.1 Å². The number of amides is 1. The first-order valence-corrected chi connectivity index (χ1v) is 8.67. The number of carbonyl (C=O) groups is 1. The quantitative estimate of drug-likeness (QED) is 0.833. The van der Waals surface area contributed by atoms with Crippen LogP contribution in [0.25, 0.3) is 0 Å². The lowest BCUT2D eigenvalue weighted by molar-refractivity contribution is -0.274. The van der Waals surface area contributed by atoms with E-state index in [9.17, 15) is 18.0 Å². The summed E-state index contributed by atoms with van der Waals surface area (Å²) in [6.45, 7) is 2.34. The molecular weight excluding hydrogens is 369 g/mol. The zero-order valence-corrected chi connectivity index (χ0v) is 15.4. The fraction of sp³-hybridized carbons (Fsp3) is 0.611. The van der Waals surface area contributed by atoms with E-state index in [0.29, 0.717) is 17.9 Å². The van der Waals surface area contributed by atoms with Gasteiger partial charge in [0.05, 0.1) is 0 Å². The van der Waals surface area contributed by atoms with Gasteiger partial charge in [-0.2, -0.15) is 0 Å². The first kappa shape index (κ1) is 20.8. The topological polar surface area (TPSA) is 41.6 Å². The second kappa shape index (κ2) is 8.48. The lowest BCUT2D eigenvalue weighted by Gasteiger charge is -2.33. The van der Waals surface area contributed by atoms with Crippen molar-refractivity contribution in [3.63, 3.8) is 0 Å². The van der Waals surface area contributed by atoms with Gasteiger partial charge >= 0.3 is 6.36 Å². The number of piperidine rings is 1. The summed E-state index contributed by atoms with van der Waals surface area (Å²) in [6, 6.07) is 6.13. The molecule has 1 aliphatic heterocycles. The predicted octanol–water partition coefficient (Wildman–Crippen LogP) is 3.57. The third-order valence-electron chi connectivity index (χ3n) is 4.98. The summed E-state index contributed by atoms with van der Waals surface area (Å²) in [5.41, 5.74) is 0.474. The number of hydrogen-bond donors (Lipinski definition) is 1. The van der Waals surface area contributed by atoms with Crippen LogP contribution in [0.1, 0.15) is 30.7 Å². The predicted molar refractivity (Wildman–Crippen MR) is 94.5 cm³/mol. The average Bonchev–Trinajstić information content (AvgIpc) is 3.34. The van der Waals surface area contributed by atoms with Crippen LogP contribution in [0.15, 0.2) is 24.3 Å². The van der Waals surface area contributed by atoms with E-state index in [-0.39, 0.29) is 35.9 Å². The fourth-order valence-corrected chi connectivity index (χ4v) is 3.77. The Hall–Kier alpha value is -1.47. The van der Waals surface area contributed by atoms with E-state index in [4.69, 9.17) is 0 Å². The van der Waals surface area contributed by atoms with Gasteiger partial charge in [0.2, 0.25) is 5.91 Å². The summed E-state index contributed by atoms with van der Waals surface area (Å²) < 4.78 is 41.8. The Balaban J connectivity index is 0.00000243. The largest absolute Gasteiger partial charge is 0.573 e. The van der Waals surface area contributed by atoms with Crippen molar-refractivity contribution in [1.29, 1.82) is 0 Å². The minimum atomic E-state index is -4.72. The minimum Gasteiger partial charge on any atom is -0.405 e. The number of benzene rings is 1. The lowest BCUT2D eigenvalue weighted by atomic mass is 9.97. The molecule has 3 atom stereocenters. The maximum Gasteiger partial charge on any atom is 0.573 e. The van der Waals surface area contributed by atoms with Gasteiger partial charge in [-0.25, -0.2) is 0 Å². The molecule has 4 nitrogen and oxygen atoms in total. The summed E-state index contributed by atoms with van der Waals surface area (Å²) in [7, 11) is 1.90. The number of nitrogens with zero attached hydrogens (tertiary/aromatic N) is 1. The van der Waals surface area contributed by atoms with Crippen LogP contribution in [-0.4, -0.2) is 43.9 Å². The molecule has 0 radical (unpaired) electrons. The van der Waals surface area contributed by atoms with Gasteiger partial charge in [0.1, 0.15) is 5.75 Å². The van der Waals surface area contributed by atoms with Crippen molar-refractivity contribution in [2.45, 2.75) is 31.5 Å². The highest BCUT2D eigenvalue weighted by molar-refractivity contribution is 5.85. The Morgan fingerprint density at radius 1 is 1.35 bits per heavy atom. The van der Waals surface area contributed by atoms with Gasteiger partial charge in [-0.1, -0.05) is 18.2 Å². The molecule has 1 saturated heterocycles. The Kier molecular flexibility index (Phi) is 6.80. The van der Waals surface area contributed by atoms with Crippen molar-refractivity contribution in [1.82, 2.24) is 10.2 Å². The van der Waals surface area contributed by atoms with Crippen LogP contribution in [0, 0.1) is 11.8 Å². The SMILES string of the molecule is CNCC1CCCN(C(=O)C2CC2c2ccccc2OC(F)(F)F)C1.Cl. The first-order valence-electron chi connectivity index (χ1n) is 8.67. The number of alkyl halides is 3. The number of nitrogens with one attached hydrogen (secondary N) is 1. The fourth-order valence-electron chi connectivity index (χ4n) is 3.77. The van der Waals surface area contributed by atoms with Crippen molar-refractivity contribution in [3.8, 4) is 5.75 Å². The molecule has 1 amide bonds. The molecule has 26 heavy (non-hydrogen) atoms. The van der Waals surface area contributed by atoms with Crippen LogP contribution in [0.4, 0.5) is 13.2 Å². The summed E-state index contributed by atoms with van der Waals surface area (Å²) in [5, 5.41) is 3.14. The molecule has 1 heterocycles. The minimum absolute atomic E-state index is 0. The number of carbonyl (C=O) groups excluding carboxylic acids is 1. The van der Waals surface area contributed by atoms with Gasteiger partial charge in [0, 0.05) is 19.0 Å². The van der Waals surface area contributed by atoms with E-state index in [1.807, 2.05) is 11.9 Å². The second-order valence-corrected chi connectivity index (χ2v) is 6.88. The molecule has 0 bridgehead atoms. The number of hydrogen-bond acceptors (Lipinski definition) is 3. The molecule has 2 aliphatic rings. The molecule has 1 aromatic carbocycles. The summed E-state index contributed by atoms with van der Waals surface area (Å²) >= 11 is 0. The molecule has 0 aromatic heterocycles.